The normalized spacial score (nSPS) is 43.8. The van der Waals surface area contributed by atoms with Gasteiger partial charge in [0.15, 0.2) is 35.0 Å². The number of aliphatic hydroxyl groups is 2. The fourth-order valence-electron chi connectivity index (χ4n) is 11.8. The SMILES string of the molecule is CC[C@H](C)[C@H]1O[C@]2(C=C[C@@H]1C)C[C@@H]1C[C@@H](C/C=C(\C)[C@@H](O[C@H]3C[C@H](OC)[C@@H](O[C@@H]4O[C@@H](C)[C@@H](O[Si](C)(C)C(C)(C)C)[C@@H](O[Si](C)(C)C(C)(C)C)[C@@H]4OC)[C@H](C)O3)[C@@H](C)/C=C/C=C3\CO[C@@H]4[C@H](O)[C@@H](C)C=C(C(=O)O1)[C@]34O)O2. The summed E-state index contributed by atoms with van der Waals surface area (Å²) >= 11 is 0. The minimum Gasteiger partial charge on any atom is -0.459 e. The molecule has 7 aliphatic rings. The Hall–Kier alpha value is -1.92. The van der Waals surface area contributed by atoms with Gasteiger partial charge in [0.2, 0.25) is 0 Å². The zero-order valence-electron chi connectivity index (χ0n) is 50.5. The molecule has 1 aliphatic carbocycles. The maximum Gasteiger partial charge on any atom is 0.337 e. The van der Waals surface area contributed by atoms with Crippen molar-refractivity contribution in [3.8, 4) is 0 Å². The summed E-state index contributed by atoms with van der Waals surface area (Å²) in [6.07, 6.45) is 7.50. The molecular formula is C60H100O15Si2. The Morgan fingerprint density at radius 2 is 1.45 bits per heavy atom. The third kappa shape index (κ3) is 13.2. The summed E-state index contributed by atoms with van der Waals surface area (Å²) in [5.74, 6) is -2.06. The van der Waals surface area contributed by atoms with Crippen molar-refractivity contribution in [1.29, 1.82) is 0 Å². The lowest BCUT2D eigenvalue weighted by Crippen LogP contribution is -2.66. The molecule has 1 spiro atoms. The van der Waals surface area contributed by atoms with Crippen molar-refractivity contribution in [2.45, 2.75) is 269 Å². The number of carbonyl (C=O) groups excluding carboxylic acids is 1. The second-order valence-electron chi connectivity index (χ2n) is 26.8. The lowest BCUT2D eigenvalue weighted by molar-refractivity contribution is -0.340. The Kier molecular flexibility index (Phi) is 19.6. The van der Waals surface area contributed by atoms with Crippen LogP contribution in [0.1, 0.15) is 129 Å². The Balaban J connectivity index is 1.17. The average Bonchev–Trinajstić information content (AvgIpc) is 3.68. The van der Waals surface area contributed by atoms with Crippen molar-refractivity contribution in [1.82, 2.24) is 0 Å². The van der Waals surface area contributed by atoms with Crippen LogP contribution in [0.5, 0.6) is 0 Å². The van der Waals surface area contributed by atoms with Gasteiger partial charge < -0.3 is 66.4 Å². The summed E-state index contributed by atoms with van der Waals surface area (Å²) in [6, 6.07) is 0. The van der Waals surface area contributed by atoms with Gasteiger partial charge in [-0.1, -0.05) is 119 Å². The zero-order chi connectivity index (χ0) is 57.0. The standard InChI is InChI=1S/C60H100O15Si2/c1-21-34(2)49-37(5)27-28-59(73-49)32-43-30-42(72-59)26-25-36(4)48(35(3)23-22-24-41-33-66-54-47(61)38(6)29-44(55(62)69-43)60(41,54)63)70-46-31-45(64-15)50(39(7)67-46)71-56-53(65-16)52(75-77(19,20)58(12,13)14)51(40(8)68-56)74-76(17,18)57(9,10)11/h22-25,27-29,34-35,37-40,42-43,45-54,56,61,63H,21,26,30-33H2,1-20H3/b23-22+,36-25+,41-24+/t34-,35-,37-,38-,39-,40-,42+,43-,45-,46-,47+,48-,49+,50-,51+,52+,53-,54+,56-,59+,60+/m0/s1. The third-order valence-corrected chi connectivity index (χ3v) is 27.9. The molecule has 438 valence electrons. The predicted molar refractivity (Wildman–Crippen MR) is 301 cm³/mol. The molecule has 0 aromatic carbocycles. The molecule has 2 N–H and O–H groups in total. The van der Waals surface area contributed by atoms with Gasteiger partial charge in [-0.3, -0.25) is 0 Å². The maximum atomic E-state index is 14.5. The summed E-state index contributed by atoms with van der Waals surface area (Å²) < 4.78 is 81.3. The van der Waals surface area contributed by atoms with Crippen LogP contribution in [-0.2, 0) is 61.0 Å². The molecule has 0 amide bonds. The van der Waals surface area contributed by atoms with Gasteiger partial charge in [-0.25, -0.2) is 4.79 Å². The molecule has 17 heteroatoms. The van der Waals surface area contributed by atoms with Gasteiger partial charge in [-0.05, 0) is 86.6 Å². The Morgan fingerprint density at radius 3 is 2.08 bits per heavy atom. The van der Waals surface area contributed by atoms with Crippen LogP contribution in [0.2, 0.25) is 36.3 Å². The number of hydrogen-bond acceptors (Lipinski definition) is 15. The van der Waals surface area contributed by atoms with E-state index in [1.807, 2.05) is 39.0 Å². The van der Waals surface area contributed by atoms with Crippen LogP contribution in [0.4, 0.5) is 0 Å². The molecule has 0 aromatic rings. The van der Waals surface area contributed by atoms with E-state index in [0.717, 1.165) is 12.0 Å². The Labute approximate surface area is 464 Å². The lowest BCUT2D eigenvalue weighted by atomic mass is 9.72. The van der Waals surface area contributed by atoms with Crippen molar-refractivity contribution < 1.29 is 71.2 Å². The summed E-state index contributed by atoms with van der Waals surface area (Å²) in [6.45, 7) is 39.0. The number of hydrogen-bond donors (Lipinski definition) is 2. The van der Waals surface area contributed by atoms with Crippen molar-refractivity contribution in [2.24, 2.45) is 23.7 Å². The summed E-state index contributed by atoms with van der Waals surface area (Å²) in [7, 11) is -1.29. The molecule has 0 unspecified atom stereocenters. The topological polar surface area (TPSA) is 168 Å². The van der Waals surface area contributed by atoms with Gasteiger partial charge in [0, 0.05) is 51.2 Å². The summed E-state index contributed by atoms with van der Waals surface area (Å²) in [4.78, 5) is 14.5. The smallest absolute Gasteiger partial charge is 0.337 e. The van der Waals surface area contributed by atoms with E-state index in [0.29, 0.717) is 24.8 Å². The number of ether oxygens (including phenoxy) is 10. The van der Waals surface area contributed by atoms with E-state index in [1.165, 1.54) is 0 Å². The van der Waals surface area contributed by atoms with E-state index in [1.54, 1.807) is 26.4 Å². The second-order valence-corrected chi connectivity index (χ2v) is 36.3. The van der Waals surface area contributed by atoms with Gasteiger partial charge >= 0.3 is 5.97 Å². The first-order valence-electron chi connectivity index (χ1n) is 28.9. The van der Waals surface area contributed by atoms with Gasteiger partial charge in [0.1, 0.15) is 36.1 Å². The van der Waals surface area contributed by atoms with Gasteiger partial charge in [0.25, 0.3) is 0 Å². The number of rotatable bonds is 12. The highest BCUT2D eigenvalue weighted by Gasteiger charge is 2.59. The largest absolute Gasteiger partial charge is 0.459 e. The number of fused-ring (bicyclic) bond motifs is 2. The molecule has 0 aromatic heterocycles. The number of esters is 1. The highest BCUT2D eigenvalue weighted by molar-refractivity contribution is 6.74. The Morgan fingerprint density at radius 1 is 0.805 bits per heavy atom. The van der Waals surface area contributed by atoms with Crippen molar-refractivity contribution in [3.05, 3.63) is 59.3 Å². The molecule has 6 heterocycles. The quantitative estimate of drug-likeness (QED) is 0.108. The molecule has 2 bridgehead atoms. The average molecular weight is 1120 g/mol. The molecule has 7 rings (SSSR count). The summed E-state index contributed by atoms with van der Waals surface area (Å²) in [5.41, 5.74) is -0.439. The van der Waals surface area contributed by atoms with E-state index in [4.69, 9.17) is 56.2 Å². The molecular weight excluding hydrogens is 1020 g/mol. The molecule has 6 aliphatic heterocycles. The van der Waals surface area contributed by atoms with Gasteiger partial charge in [-0.15, -0.1) is 0 Å². The first-order valence-corrected chi connectivity index (χ1v) is 34.7. The van der Waals surface area contributed by atoms with Gasteiger partial charge in [0.05, 0.1) is 61.0 Å². The molecule has 77 heavy (non-hydrogen) atoms. The van der Waals surface area contributed by atoms with Crippen LogP contribution in [0.15, 0.2) is 59.3 Å². The number of aliphatic hydroxyl groups excluding tert-OH is 1. The zero-order valence-corrected chi connectivity index (χ0v) is 52.5. The van der Waals surface area contributed by atoms with Crippen molar-refractivity contribution in [3.63, 3.8) is 0 Å². The maximum absolute atomic E-state index is 14.5. The fraction of sp³-hybridized carbons (Fsp3) is 0.817. The van der Waals surface area contributed by atoms with E-state index >= 15 is 0 Å². The van der Waals surface area contributed by atoms with E-state index in [2.05, 4.69) is 115 Å². The molecule has 4 fully saturated rings. The van der Waals surface area contributed by atoms with Crippen LogP contribution in [0, 0.1) is 23.7 Å². The van der Waals surface area contributed by atoms with Gasteiger partial charge in [-0.2, -0.15) is 0 Å². The van der Waals surface area contributed by atoms with Crippen molar-refractivity contribution in [2.75, 3.05) is 20.8 Å². The van der Waals surface area contributed by atoms with Crippen molar-refractivity contribution >= 4 is 22.6 Å². The number of methoxy groups -OCH3 is 2. The molecule has 0 saturated carbocycles. The highest BCUT2D eigenvalue weighted by atomic mass is 28.4. The van der Waals surface area contributed by atoms with Crippen LogP contribution >= 0.6 is 0 Å². The van der Waals surface area contributed by atoms with Crippen LogP contribution < -0.4 is 0 Å². The second kappa shape index (κ2) is 24.1. The van der Waals surface area contributed by atoms with E-state index in [-0.39, 0.29) is 64.7 Å². The molecule has 15 nitrogen and oxygen atoms in total. The lowest BCUT2D eigenvalue weighted by Gasteiger charge is -2.53. The van der Waals surface area contributed by atoms with Crippen LogP contribution in [0.3, 0.4) is 0 Å². The molecule has 21 atom stereocenters. The monoisotopic (exact) mass is 1120 g/mol. The van der Waals surface area contributed by atoms with E-state index < -0.39 is 114 Å². The van der Waals surface area contributed by atoms with Crippen LogP contribution in [-0.4, -0.2) is 157 Å². The molecule has 4 saturated heterocycles. The Bertz CT molecular complexity index is 2200. The first kappa shape index (κ1) is 62.7. The fourth-order valence-corrected chi connectivity index (χ4v) is 14.5. The first-order chi connectivity index (χ1) is 35.8. The highest BCUT2D eigenvalue weighted by Crippen LogP contribution is 2.48. The van der Waals surface area contributed by atoms with Crippen LogP contribution in [0.25, 0.3) is 0 Å². The minimum atomic E-state index is -2.37. The number of allylic oxidation sites excluding steroid dienone is 2. The van der Waals surface area contributed by atoms with E-state index in [9.17, 15) is 15.0 Å². The third-order valence-electron chi connectivity index (χ3n) is 18.9. The number of carbonyl (C=O) groups is 1. The predicted octanol–water partition coefficient (Wildman–Crippen LogP) is 10.4. The molecule has 0 radical (unpaired) electrons. The minimum absolute atomic E-state index is 0.0183. The summed E-state index contributed by atoms with van der Waals surface area (Å²) in [5, 5.41) is 23.9.